The molecule has 0 aliphatic carbocycles. The fourth-order valence-electron chi connectivity index (χ4n) is 2.89. The Hall–Kier alpha value is -2.19. The molecule has 0 spiro atoms. The van der Waals surface area contributed by atoms with E-state index >= 15 is 0 Å². The smallest absolute Gasteiger partial charge is 0.261 e. The first-order valence-corrected chi connectivity index (χ1v) is 10.6. The summed E-state index contributed by atoms with van der Waals surface area (Å²) in [5, 5.41) is 0.213. The van der Waals surface area contributed by atoms with Crippen molar-refractivity contribution in [1.82, 2.24) is 0 Å². The molecule has 0 saturated carbocycles. The van der Waals surface area contributed by atoms with Crippen LogP contribution in [0.5, 0.6) is 0 Å². The average Bonchev–Trinajstić information content (AvgIpc) is 3.05. The maximum Gasteiger partial charge on any atom is 0.261 e. The summed E-state index contributed by atoms with van der Waals surface area (Å²) in [7, 11) is -3.76. The molecule has 1 aliphatic heterocycles. The number of hydrogen-bond acceptors (Lipinski definition) is 4. The number of Topliss-reactive ketones (excluding diaryl/α,β-unsaturated/α-hetero) is 1. The van der Waals surface area contributed by atoms with Gasteiger partial charge in [0.15, 0.2) is 5.78 Å². The lowest BCUT2D eigenvalue weighted by Crippen LogP contribution is -2.25. The molecule has 1 N–H and O–H groups in total. The number of sulfonamides is 1. The maximum atomic E-state index is 12.6. The van der Waals surface area contributed by atoms with Crippen LogP contribution in [0, 0.1) is 0 Å². The van der Waals surface area contributed by atoms with Gasteiger partial charge in [0.2, 0.25) is 5.91 Å². The van der Waals surface area contributed by atoms with Gasteiger partial charge in [-0.1, -0.05) is 15.9 Å². The minimum atomic E-state index is -3.76. The van der Waals surface area contributed by atoms with E-state index in [1.165, 1.54) is 13.0 Å². The molecule has 0 atom stereocenters. The third kappa shape index (κ3) is 3.66. The van der Waals surface area contributed by atoms with E-state index in [1.54, 1.807) is 41.3 Å². The molecule has 0 aromatic heterocycles. The number of halogens is 1. The summed E-state index contributed by atoms with van der Waals surface area (Å²) >= 11 is 3.10. The number of ketones is 1. The Morgan fingerprint density at radius 1 is 1.15 bits per heavy atom. The van der Waals surface area contributed by atoms with Crippen LogP contribution in [-0.2, 0) is 21.2 Å². The van der Waals surface area contributed by atoms with E-state index in [9.17, 15) is 18.0 Å². The van der Waals surface area contributed by atoms with Crippen LogP contribution in [0.2, 0.25) is 0 Å². The van der Waals surface area contributed by atoms with Gasteiger partial charge in [-0.3, -0.25) is 14.3 Å². The van der Waals surface area contributed by atoms with Gasteiger partial charge in [-0.15, -0.1) is 0 Å². The summed E-state index contributed by atoms with van der Waals surface area (Å²) < 4.78 is 27.8. The highest BCUT2D eigenvalue weighted by Gasteiger charge is 2.24. The Labute approximate surface area is 160 Å². The lowest BCUT2D eigenvalue weighted by atomic mass is 10.1. The van der Waals surface area contributed by atoms with Crippen molar-refractivity contribution in [2.45, 2.75) is 18.2 Å². The number of carbonyl (C=O) groups is 2. The molecule has 2 aromatic rings. The molecule has 1 heterocycles. The standard InChI is InChI=1S/C18H17BrN2O4S/c1-12(22)21-9-8-14-10-16(6-7-17(14)21)26(24,25)20-15-4-2-13(3-5-15)18(23)11-19/h2-7,10,20H,8-9,11H2,1H3. The molecular formula is C18H17BrN2O4S. The summed E-state index contributed by atoms with van der Waals surface area (Å²) in [6, 6.07) is 11.0. The number of alkyl halides is 1. The number of anilines is 2. The summed E-state index contributed by atoms with van der Waals surface area (Å²) in [6.45, 7) is 2.05. The molecule has 26 heavy (non-hydrogen) atoms. The molecule has 6 nitrogen and oxygen atoms in total. The van der Waals surface area contributed by atoms with Gasteiger partial charge in [0, 0.05) is 30.4 Å². The summed E-state index contributed by atoms with van der Waals surface area (Å²) in [4.78, 5) is 25.0. The predicted molar refractivity (Wildman–Crippen MR) is 104 cm³/mol. The van der Waals surface area contributed by atoms with Crippen LogP contribution >= 0.6 is 15.9 Å². The number of benzene rings is 2. The van der Waals surface area contributed by atoms with Gasteiger partial charge in [0.05, 0.1) is 10.2 Å². The second kappa shape index (κ2) is 7.20. The molecule has 0 saturated heterocycles. The molecule has 0 bridgehead atoms. The SMILES string of the molecule is CC(=O)N1CCc2cc(S(=O)(=O)Nc3ccc(C(=O)CBr)cc3)ccc21. The zero-order valence-corrected chi connectivity index (χ0v) is 16.4. The van der Waals surface area contributed by atoms with Crippen molar-refractivity contribution in [1.29, 1.82) is 0 Å². The maximum absolute atomic E-state index is 12.6. The number of nitrogens with one attached hydrogen (secondary N) is 1. The molecule has 0 radical (unpaired) electrons. The van der Waals surface area contributed by atoms with E-state index in [0.29, 0.717) is 24.2 Å². The van der Waals surface area contributed by atoms with Crippen molar-refractivity contribution < 1.29 is 18.0 Å². The van der Waals surface area contributed by atoms with Gasteiger partial charge in [-0.05, 0) is 54.4 Å². The lowest BCUT2D eigenvalue weighted by Gasteiger charge is -2.15. The van der Waals surface area contributed by atoms with Crippen molar-refractivity contribution in [3.63, 3.8) is 0 Å². The minimum absolute atomic E-state index is 0.0596. The van der Waals surface area contributed by atoms with E-state index in [2.05, 4.69) is 20.7 Å². The van der Waals surface area contributed by atoms with Crippen LogP contribution in [0.4, 0.5) is 11.4 Å². The fraction of sp³-hybridized carbons (Fsp3) is 0.222. The monoisotopic (exact) mass is 436 g/mol. The van der Waals surface area contributed by atoms with Crippen molar-refractivity contribution in [3.05, 3.63) is 53.6 Å². The fourth-order valence-corrected chi connectivity index (χ4v) is 4.32. The van der Waals surface area contributed by atoms with Gasteiger partial charge in [-0.25, -0.2) is 8.42 Å². The molecule has 0 fully saturated rings. The second-order valence-electron chi connectivity index (χ2n) is 5.95. The third-order valence-corrected chi connectivity index (χ3v) is 6.11. The topological polar surface area (TPSA) is 83.6 Å². The Morgan fingerprint density at radius 2 is 1.85 bits per heavy atom. The van der Waals surface area contributed by atoms with Gasteiger partial charge in [0.1, 0.15) is 0 Å². The number of carbonyl (C=O) groups excluding carboxylic acids is 2. The van der Waals surface area contributed by atoms with Crippen LogP contribution in [0.3, 0.4) is 0 Å². The third-order valence-electron chi connectivity index (χ3n) is 4.22. The van der Waals surface area contributed by atoms with Gasteiger partial charge < -0.3 is 4.90 Å². The summed E-state index contributed by atoms with van der Waals surface area (Å²) in [5.74, 6) is -0.136. The highest BCUT2D eigenvalue weighted by molar-refractivity contribution is 9.09. The van der Waals surface area contributed by atoms with E-state index in [4.69, 9.17) is 0 Å². The Kier molecular flexibility index (Phi) is 5.15. The first kappa shape index (κ1) is 18.6. The molecule has 1 amide bonds. The number of rotatable bonds is 5. The van der Waals surface area contributed by atoms with Crippen LogP contribution in [0.25, 0.3) is 0 Å². The molecule has 0 unspecified atom stereocenters. The molecule has 2 aromatic carbocycles. The molecule has 1 aliphatic rings. The normalized spacial score (nSPS) is 13.4. The van der Waals surface area contributed by atoms with Crippen molar-refractivity contribution in [2.24, 2.45) is 0 Å². The lowest BCUT2D eigenvalue weighted by molar-refractivity contribution is -0.116. The van der Waals surface area contributed by atoms with Crippen LogP contribution in [-0.4, -0.2) is 32.0 Å². The van der Waals surface area contributed by atoms with Crippen molar-refractivity contribution in [3.8, 4) is 0 Å². The van der Waals surface area contributed by atoms with Crippen molar-refractivity contribution >= 4 is 49.0 Å². The van der Waals surface area contributed by atoms with Crippen molar-refractivity contribution in [2.75, 3.05) is 21.5 Å². The number of hydrogen-bond donors (Lipinski definition) is 1. The van der Waals surface area contributed by atoms with E-state index in [0.717, 1.165) is 11.3 Å². The molecule has 8 heteroatoms. The Morgan fingerprint density at radius 3 is 2.46 bits per heavy atom. The Balaban J connectivity index is 1.83. The first-order chi connectivity index (χ1) is 12.3. The van der Waals surface area contributed by atoms with E-state index in [-0.39, 0.29) is 21.9 Å². The minimum Gasteiger partial charge on any atom is -0.312 e. The highest BCUT2D eigenvalue weighted by Crippen LogP contribution is 2.30. The zero-order valence-electron chi connectivity index (χ0n) is 14.0. The van der Waals surface area contributed by atoms with Crippen LogP contribution in [0.15, 0.2) is 47.4 Å². The van der Waals surface area contributed by atoms with Crippen LogP contribution in [0.1, 0.15) is 22.8 Å². The zero-order chi connectivity index (χ0) is 18.9. The highest BCUT2D eigenvalue weighted by atomic mass is 79.9. The number of fused-ring (bicyclic) bond motifs is 1. The van der Waals surface area contributed by atoms with Gasteiger partial charge in [-0.2, -0.15) is 0 Å². The Bertz CT molecular complexity index is 971. The number of nitrogens with zero attached hydrogens (tertiary/aromatic N) is 1. The van der Waals surface area contributed by atoms with Gasteiger partial charge >= 0.3 is 0 Å². The number of amides is 1. The largest absolute Gasteiger partial charge is 0.312 e. The average molecular weight is 437 g/mol. The first-order valence-electron chi connectivity index (χ1n) is 7.95. The molecule has 3 rings (SSSR count). The second-order valence-corrected chi connectivity index (χ2v) is 8.19. The van der Waals surface area contributed by atoms with E-state index in [1.807, 2.05) is 0 Å². The van der Waals surface area contributed by atoms with Gasteiger partial charge in [0.25, 0.3) is 10.0 Å². The molecular weight excluding hydrogens is 420 g/mol. The van der Waals surface area contributed by atoms with Crippen LogP contribution < -0.4 is 9.62 Å². The summed E-state index contributed by atoms with van der Waals surface area (Å²) in [5.41, 5.74) is 2.48. The molecule has 136 valence electrons. The predicted octanol–water partition coefficient (Wildman–Crippen LogP) is 2.97. The van der Waals surface area contributed by atoms with E-state index < -0.39 is 10.0 Å². The quantitative estimate of drug-likeness (QED) is 0.576. The summed E-state index contributed by atoms with van der Waals surface area (Å²) in [6.07, 6.45) is 0.627.